The molecule has 28 heavy (non-hydrogen) atoms. The fourth-order valence-corrected chi connectivity index (χ4v) is 5.67. The Kier molecular flexibility index (Phi) is 6.05. The Labute approximate surface area is 174 Å². The fraction of sp³-hybridized carbons (Fsp3) is 0.444. The van der Waals surface area contributed by atoms with Crippen molar-refractivity contribution in [1.29, 1.82) is 0 Å². The number of sulfonamides is 1. The molecule has 1 aliphatic rings. The molecule has 0 N–H and O–H groups in total. The van der Waals surface area contributed by atoms with Crippen LogP contribution < -0.4 is 0 Å². The van der Waals surface area contributed by atoms with Crippen molar-refractivity contribution in [3.05, 3.63) is 45.2 Å². The summed E-state index contributed by atoms with van der Waals surface area (Å²) in [6, 6.07) is 4.74. The number of benzene rings is 1. The van der Waals surface area contributed by atoms with E-state index in [2.05, 4.69) is 5.10 Å². The molecular formula is C18H22Cl2N4O3S. The van der Waals surface area contributed by atoms with E-state index in [1.54, 1.807) is 42.6 Å². The first-order valence-corrected chi connectivity index (χ1v) is 11.1. The van der Waals surface area contributed by atoms with Gasteiger partial charge < -0.3 is 4.90 Å². The predicted molar refractivity (Wildman–Crippen MR) is 108 cm³/mol. The molecule has 1 amide bonds. The highest BCUT2D eigenvalue weighted by atomic mass is 35.5. The van der Waals surface area contributed by atoms with E-state index in [-0.39, 0.29) is 23.9 Å². The van der Waals surface area contributed by atoms with Gasteiger partial charge in [0.1, 0.15) is 4.90 Å². The smallest absolute Gasteiger partial charge is 0.255 e. The van der Waals surface area contributed by atoms with Gasteiger partial charge in [-0.25, -0.2) is 8.42 Å². The minimum Gasteiger partial charge on any atom is -0.337 e. The van der Waals surface area contributed by atoms with Gasteiger partial charge in [-0.1, -0.05) is 23.2 Å². The Morgan fingerprint density at radius 2 is 1.82 bits per heavy atom. The third-order valence-electron chi connectivity index (χ3n) is 4.94. The quantitative estimate of drug-likeness (QED) is 0.728. The van der Waals surface area contributed by atoms with E-state index in [4.69, 9.17) is 23.2 Å². The number of amides is 1. The first-order chi connectivity index (χ1) is 13.1. The number of aromatic nitrogens is 2. The van der Waals surface area contributed by atoms with Crippen LogP contribution in [0.4, 0.5) is 0 Å². The van der Waals surface area contributed by atoms with Crippen molar-refractivity contribution in [3.63, 3.8) is 0 Å². The zero-order valence-corrected chi connectivity index (χ0v) is 18.3. The second-order valence-corrected chi connectivity index (χ2v) is 9.52. The van der Waals surface area contributed by atoms with Gasteiger partial charge in [-0.3, -0.25) is 9.48 Å². The van der Waals surface area contributed by atoms with Gasteiger partial charge in [0.05, 0.1) is 22.0 Å². The van der Waals surface area contributed by atoms with Crippen molar-refractivity contribution in [3.8, 4) is 0 Å². The number of carbonyl (C=O) groups excluding carboxylic acids is 1. The first-order valence-electron chi connectivity index (χ1n) is 8.87. The second kappa shape index (κ2) is 8.02. The molecule has 2 aromatic rings. The molecule has 7 nitrogen and oxygen atoms in total. The molecule has 3 rings (SSSR count). The third kappa shape index (κ3) is 3.91. The highest BCUT2D eigenvalue weighted by Crippen LogP contribution is 2.26. The van der Waals surface area contributed by atoms with Crippen LogP contribution in [0.5, 0.6) is 0 Å². The number of hydrogen-bond acceptors (Lipinski definition) is 4. The topological polar surface area (TPSA) is 75.5 Å². The Bertz CT molecular complexity index is 1020. The van der Waals surface area contributed by atoms with Crippen molar-refractivity contribution in [2.75, 3.05) is 26.2 Å². The molecule has 10 heteroatoms. The van der Waals surface area contributed by atoms with Gasteiger partial charge in [0, 0.05) is 38.2 Å². The van der Waals surface area contributed by atoms with Crippen molar-refractivity contribution in [2.24, 2.45) is 7.05 Å². The van der Waals surface area contributed by atoms with Crippen LogP contribution in [0.3, 0.4) is 0 Å². The van der Waals surface area contributed by atoms with Crippen LogP contribution in [-0.4, -0.2) is 59.5 Å². The van der Waals surface area contributed by atoms with Gasteiger partial charge in [0.25, 0.3) is 5.91 Å². The Hall–Kier alpha value is -1.61. The lowest BCUT2D eigenvalue weighted by Gasteiger charge is -2.22. The number of nitrogens with zero attached hydrogens (tertiary/aromatic N) is 4. The van der Waals surface area contributed by atoms with E-state index in [1.165, 1.54) is 10.4 Å². The van der Waals surface area contributed by atoms with Crippen LogP contribution in [0.15, 0.2) is 23.1 Å². The molecular weight excluding hydrogens is 423 g/mol. The molecule has 0 bridgehead atoms. The molecule has 0 radical (unpaired) electrons. The largest absolute Gasteiger partial charge is 0.337 e. The van der Waals surface area contributed by atoms with E-state index in [9.17, 15) is 13.2 Å². The fourth-order valence-electron chi connectivity index (χ4n) is 3.43. The van der Waals surface area contributed by atoms with Crippen molar-refractivity contribution in [2.45, 2.75) is 25.2 Å². The summed E-state index contributed by atoms with van der Waals surface area (Å²) in [5.74, 6) is -0.250. The van der Waals surface area contributed by atoms with Crippen LogP contribution in [0.25, 0.3) is 0 Å². The van der Waals surface area contributed by atoms with E-state index < -0.39 is 10.0 Å². The molecule has 0 atom stereocenters. The molecule has 1 aromatic carbocycles. The molecule has 0 saturated carbocycles. The Morgan fingerprint density at radius 1 is 1.11 bits per heavy atom. The first kappa shape index (κ1) is 21.1. The van der Waals surface area contributed by atoms with Crippen LogP contribution in [0, 0.1) is 13.8 Å². The summed E-state index contributed by atoms with van der Waals surface area (Å²) in [4.78, 5) is 14.7. The average molecular weight is 445 g/mol. The number of rotatable bonds is 3. The van der Waals surface area contributed by atoms with Gasteiger partial charge in [0.15, 0.2) is 0 Å². The lowest BCUT2D eigenvalue weighted by molar-refractivity contribution is 0.0764. The molecule has 152 valence electrons. The molecule has 1 saturated heterocycles. The molecule has 1 aromatic heterocycles. The zero-order valence-electron chi connectivity index (χ0n) is 15.9. The van der Waals surface area contributed by atoms with Gasteiger partial charge >= 0.3 is 0 Å². The standard InChI is InChI=1S/C18H22Cl2N4O3S/c1-12-17(13(2)22(3)21-12)28(26,27)24-8-4-7-23(9-10-24)18(25)15-11-14(19)5-6-16(15)20/h5-6,11H,4,7-10H2,1-3H3. The molecule has 0 spiro atoms. The average Bonchev–Trinajstić information content (AvgIpc) is 2.82. The van der Waals surface area contributed by atoms with Gasteiger partial charge in [-0.2, -0.15) is 9.40 Å². The minimum atomic E-state index is -3.69. The van der Waals surface area contributed by atoms with E-state index in [1.807, 2.05) is 0 Å². The monoisotopic (exact) mass is 444 g/mol. The van der Waals surface area contributed by atoms with Gasteiger partial charge in [-0.15, -0.1) is 0 Å². The zero-order chi connectivity index (χ0) is 20.6. The van der Waals surface area contributed by atoms with E-state index >= 15 is 0 Å². The SMILES string of the molecule is Cc1nn(C)c(C)c1S(=O)(=O)N1CCCN(C(=O)c2cc(Cl)ccc2Cl)CC1. The van der Waals surface area contributed by atoms with Gasteiger partial charge in [-0.05, 0) is 38.5 Å². The van der Waals surface area contributed by atoms with Crippen LogP contribution >= 0.6 is 23.2 Å². The minimum absolute atomic E-state index is 0.208. The summed E-state index contributed by atoms with van der Waals surface area (Å²) in [5, 5.41) is 4.96. The predicted octanol–water partition coefficient (Wildman–Crippen LogP) is 2.88. The van der Waals surface area contributed by atoms with Gasteiger partial charge in [0.2, 0.25) is 10.0 Å². The third-order valence-corrected chi connectivity index (χ3v) is 7.66. The summed E-state index contributed by atoms with van der Waals surface area (Å²) in [6.07, 6.45) is 0.529. The van der Waals surface area contributed by atoms with Crippen molar-refractivity contribution < 1.29 is 13.2 Å². The molecule has 2 heterocycles. The molecule has 0 unspecified atom stereocenters. The summed E-state index contributed by atoms with van der Waals surface area (Å²) in [6.45, 7) is 4.69. The lowest BCUT2D eigenvalue weighted by atomic mass is 10.2. The van der Waals surface area contributed by atoms with Crippen molar-refractivity contribution in [1.82, 2.24) is 19.0 Å². The molecule has 1 aliphatic heterocycles. The maximum absolute atomic E-state index is 13.2. The van der Waals surface area contributed by atoms with E-state index in [0.717, 1.165) is 0 Å². The molecule has 0 aliphatic carbocycles. The van der Waals surface area contributed by atoms with E-state index in [0.29, 0.717) is 46.5 Å². The Morgan fingerprint density at radius 3 is 2.46 bits per heavy atom. The van der Waals surface area contributed by atoms with Crippen LogP contribution in [0.2, 0.25) is 10.0 Å². The second-order valence-electron chi connectivity index (χ2n) is 6.80. The van der Waals surface area contributed by atoms with Crippen LogP contribution in [-0.2, 0) is 17.1 Å². The maximum atomic E-state index is 13.2. The maximum Gasteiger partial charge on any atom is 0.255 e. The summed E-state index contributed by atoms with van der Waals surface area (Å²) in [5.41, 5.74) is 1.40. The number of hydrogen-bond donors (Lipinski definition) is 0. The summed E-state index contributed by atoms with van der Waals surface area (Å²) in [7, 11) is -1.97. The summed E-state index contributed by atoms with van der Waals surface area (Å²) >= 11 is 12.1. The number of aryl methyl sites for hydroxylation is 2. The highest BCUT2D eigenvalue weighted by Gasteiger charge is 2.33. The number of halogens is 2. The number of carbonyl (C=O) groups is 1. The van der Waals surface area contributed by atoms with Crippen LogP contribution in [0.1, 0.15) is 28.2 Å². The molecule has 1 fully saturated rings. The van der Waals surface area contributed by atoms with Crippen molar-refractivity contribution >= 4 is 39.1 Å². The summed E-state index contributed by atoms with van der Waals surface area (Å²) < 4.78 is 29.3. The lowest BCUT2D eigenvalue weighted by Crippen LogP contribution is -2.37. The normalized spacial score (nSPS) is 16.2. The highest BCUT2D eigenvalue weighted by molar-refractivity contribution is 7.89. The Balaban J connectivity index is 1.81.